The Morgan fingerprint density at radius 1 is 1.20 bits per heavy atom. The number of para-hydroxylation sites is 1. The number of fused-ring (bicyclic) bond motifs is 1. The number of aromatic nitrogens is 4. The second-order valence-corrected chi connectivity index (χ2v) is 7.76. The lowest BCUT2D eigenvalue weighted by Gasteiger charge is -2.17. The molecule has 0 spiro atoms. The molecule has 1 atom stereocenters. The second kappa shape index (κ2) is 7.00. The molecule has 1 fully saturated rings. The second-order valence-electron chi connectivity index (χ2n) is 6.47. The molecule has 7 heteroatoms. The zero-order chi connectivity index (χ0) is 17.2. The van der Waals surface area contributed by atoms with E-state index in [1.54, 1.807) is 6.07 Å². The number of benzene rings is 1. The van der Waals surface area contributed by atoms with E-state index in [-0.39, 0.29) is 10.8 Å². The van der Waals surface area contributed by atoms with Gasteiger partial charge in [0.15, 0.2) is 0 Å². The van der Waals surface area contributed by atoms with Crippen molar-refractivity contribution in [1.29, 1.82) is 0 Å². The van der Waals surface area contributed by atoms with Gasteiger partial charge in [-0.2, -0.15) is 0 Å². The highest BCUT2D eigenvalue weighted by Gasteiger charge is 2.22. The topological polar surface area (TPSA) is 84.7 Å². The maximum Gasteiger partial charge on any atom is 0.277 e. The van der Waals surface area contributed by atoms with Crippen LogP contribution in [0.2, 0.25) is 0 Å². The fourth-order valence-electron chi connectivity index (χ4n) is 3.29. The third-order valence-corrected chi connectivity index (χ3v) is 5.61. The van der Waals surface area contributed by atoms with Crippen LogP contribution in [-0.4, -0.2) is 20.2 Å². The molecule has 25 heavy (non-hydrogen) atoms. The van der Waals surface area contributed by atoms with Crippen LogP contribution in [0.1, 0.15) is 61.9 Å². The Morgan fingerprint density at radius 3 is 2.84 bits per heavy atom. The van der Waals surface area contributed by atoms with Gasteiger partial charge in [-0.3, -0.25) is 4.79 Å². The van der Waals surface area contributed by atoms with Crippen LogP contribution in [-0.2, 0) is 0 Å². The maximum atomic E-state index is 12.2. The zero-order valence-corrected chi connectivity index (χ0v) is 14.9. The van der Waals surface area contributed by atoms with E-state index >= 15 is 0 Å². The minimum atomic E-state index is -0.124. The fraction of sp³-hybridized carbons (Fsp3) is 0.444. The van der Waals surface area contributed by atoms with Crippen LogP contribution in [0, 0.1) is 0 Å². The van der Waals surface area contributed by atoms with E-state index in [9.17, 15) is 4.79 Å². The Morgan fingerprint density at radius 2 is 2.00 bits per heavy atom. The lowest BCUT2D eigenvalue weighted by atomic mass is 9.89. The molecule has 1 aliphatic rings. The maximum absolute atomic E-state index is 12.2. The van der Waals surface area contributed by atoms with Crippen LogP contribution in [0.15, 0.2) is 38.7 Å². The first-order chi connectivity index (χ1) is 12.2. The first-order valence-corrected chi connectivity index (χ1v) is 9.57. The van der Waals surface area contributed by atoms with Gasteiger partial charge in [0.2, 0.25) is 5.89 Å². The minimum Gasteiger partial charge on any atom is -0.416 e. The van der Waals surface area contributed by atoms with Gasteiger partial charge >= 0.3 is 0 Å². The summed E-state index contributed by atoms with van der Waals surface area (Å²) in [7, 11) is 0. The molecule has 1 saturated carbocycles. The zero-order valence-electron chi connectivity index (χ0n) is 14.1. The number of H-pyrrole nitrogens is 1. The van der Waals surface area contributed by atoms with Gasteiger partial charge in [-0.05, 0) is 31.9 Å². The molecule has 3 aromatic rings. The predicted molar refractivity (Wildman–Crippen MR) is 96.8 cm³/mol. The van der Waals surface area contributed by atoms with Crippen molar-refractivity contribution in [1.82, 2.24) is 20.2 Å². The van der Waals surface area contributed by atoms with Crippen molar-refractivity contribution in [2.24, 2.45) is 0 Å². The van der Waals surface area contributed by atoms with E-state index in [4.69, 9.17) is 4.42 Å². The summed E-state index contributed by atoms with van der Waals surface area (Å²) in [5, 5.41) is 9.44. The van der Waals surface area contributed by atoms with Crippen LogP contribution < -0.4 is 5.56 Å². The summed E-state index contributed by atoms with van der Waals surface area (Å²) in [4.78, 5) is 19.6. The van der Waals surface area contributed by atoms with Gasteiger partial charge in [-0.1, -0.05) is 43.2 Å². The molecule has 1 aliphatic carbocycles. The van der Waals surface area contributed by atoms with Crippen molar-refractivity contribution in [3.63, 3.8) is 0 Å². The molecule has 0 bridgehead atoms. The molecule has 130 valence electrons. The van der Waals surface area contributed by atoms with Gasteiger partial charge in [0.1, 0.15) is 5.82 Å². The number of rotatable bonds is 4. The lowest BCUT2D eigenvalue weighted by molar-refractivity contribution is 0.334. The largest absolute Gasteiger partial charge is 0.416 e. The molecular formula is C18H20N4O2S. The van der Waals surface area contributed by atoms with Gasteiger partial charge in [0.25, 0.3) is 10.8 Å². The summed E-state index contributed by atoms with van der Waals surface area (Å²) in [6, 6.07) is 7.34. The van der Waals surface area contributed by atoms with Gasteiger partial charge in [0.05, 0.1) is 16.2 Å². The minimum absolute atomic E-state index is 0.0861. The molecular weight excluding hydrogens is 336 g/mol. The average molecular weight is 356 g/mol. The van der Waals surface area contributed by atoms with Crippen molar-refractivity contribution in [2.75, 3.05) is 0 Å². The summed E-state index contributed by atoms with van der Waals surface area (Å²) < 4.78 is 5.85. The molecule has 2 aromatic heterocycles. The summed E-state index contributed by atoms with van der Waals surface area (Å²) in [5.74, 6) is 1.75. The molecule has 0 radical (unpaired) electrons. The molecule has 1 N–H and O–H groups in total. The first-order valence-electron chi connectivity index (χ1n) is 8.70. The number of hydrogen-bond acceptors (Lipinski definition) is 6. The summed E-state index contributed by atoms with van der Waals surface area (Å²) in [6.07, 6.45) is 6.01. The van der Waals surface area contributed by atoms with Gasteiger partial charge in [0, 0.05) is 5.92 Å². The quantitative estimate of drug-likeness (QED) is 0.705. The van der Waals surface area contributed by atoms with Crippen molar-refractivity contribution < 1.29 is 4.42 Å². The molecule has 1 aromatic carbocycles. The SMILES string of the molecule is CC(Sc1nnc(C2CCCCC2)o1)c1nc2ccccc2c(=O)[nH]1. The molecule has 0 amide bonds. The normalized spacial score (nSPS) is 17.0. The number of aromatic amines is 1. The summed E-state index contributed by atoms with van der Waals surface area (Å²) in [6.45, 7) is 1.97. The van der Waals surface area contributed by atoms with E-state index in [1.165, 1.54) is 31.0 Å². The molecule has 4 rings (SSSR count). The number of hydrogen-bond donors (Lipinski definition) is 1. The highest BCUT2D eigenvalue weighted by Crippen LogP contribution is 2.36. The van der Waals surface area contributed by atoms with Crippen LogP contribution in [0.5, 0.6) is 0 Å². The Labute approximate surface area is 149 Å². The van der Waals surface area contributed by atoms with E-state index in [1.807, 2.05) is 25.1 Å². The predicted octanol–water partition coefficient (Wildman–Crippen LogP) is 4.21. The lowest BCUT2D eigenvalue weighted by Crippen LogP contribution is -2.12. The van der Waals surface area contributed by atoms with Crippen molar-refractivity contribution >= 4 is 22.7 Å². The Balaban J connectivity index is 1.53. The Bertz CT molecular complexity index is 930. The highest BCUT2D eigenvalue weighted by molar-refractivity contribution is 7.99. The Hall–Kier alpha value is -2.15. The molecule has 6 nitrogen and oxygen atoms in total. The van der Waals surface area contributed by atoms with Gasteiger partial charge in [-0.25, -0.2) is 4.98 Å². The summed E-state index contributed by atoms with van der Waals surface area (Å²) >= 11 is 1.43. The molecule has 2 heterocycles. The van der Waals surface area contributed by atoms with Gasteiger partial charge < -0.3 is 9.40 Å². The molecule has 0 saturated heterocycles. The van der Waals surface area contributed by atoms with Crippen molar-refractivity contribution in [3.8, 4) is 0 Å². The molecule has 1 unspecified atom stereocenters. The van der Waals surface area contributed by atoms with Crippen LogP contribution in [0.4, 0.5) is 0 Å². The summed E-state index contributed by atoms with van der Waals surface area (Å²) in [5.41, 5.74) is 0.573. The average Bonchev–Trinajstić information content (AvgIpc) is 3.11. The van der Waals surface area contributed by atoms with Crippen LogP contribution in [0.25, 0.3) is 10.9 Å². The van der Waals surface area contributed by atoms with Crippen LogP contribution in [0.3, 0.4) is 0 Å². The first kappa shape index (κ1) is 16.3. The standard InChI is InChI=1S/C18H20N4O2S/c1-11(15-19-14-10-6-5-9-13(14)16(23)20-15)25-18-22-21-17(24-18)12-7-3-2-4-8-12/h5-6,9-12H,2-4,7-8H2,1H3,(H,19,20,23). The van der Waals surface area contributed by atoms with Gasteiger partial charge in [-0.15, -0.1) is 10.2 Å². The van der Waals surface area contributed by atoms with Crippen molar-refractivity contribution in [2.45, 2.75) is 55.4 Å². The van der Waals surface area contributed by atoms with E-state index in [0.717, 1.165) is 18.7 Å². The number of thioether (sulfide) groups is 1. The number of nitrogens with zero attached hydrogens (tertiary/aromatic N) is 3. The monoisotopic (exact) mass is 356 g/mol. The van der Waals surface area contributed by atoms with Crippen LogP contribution >= 0.6 is 11.8 Å². The van der Waals surface area contributed by atoms with E-state index in [2.05, 4.69) is 20.2 Å². The Kier molecular flexibility index (Phi) is 4.57. The highest BCUT2D eigenvalue weighted by atomic mass is 32.2. The number of nitrogens with one attached hydrogen (secondary N) is 1. The van der Waals surface area contributed by atoms with E-state index in [0.29, 0.717) is 27.9 Å². The fourth-order valence-corrected chi connectivity index (χ4v) is 4.03. The van der Waals surface area contributed by atoms with E-state index < -0.39 is 0 Å². The molecule has 0 aliphatic heterocycles. The smallest absolute Gasteiger partial charge is 0.277 e. The third kappa shape index (κ3) is 3.46. The van der Waals surface area contributed by atoms with Crippen molar-refractivity contribution in [3.05, 3.63) is 46.3 Å². The third-order valence-electron chi connectivity index (χ3n) is 4.67.